The predicted octanol–water partition coefficient (Wildman–Crippen LogP) is -0.00240. The van der Waals surface area contributed by atoms with Gasteiger partial charge >= 0.3 is 0 Å². The van der Waals surface area contributed by atoms with E-state index in [1.54, 1.807) is 0 Å². The number of alkyl halides is 1. The fraction of sp³-hybridized carbons (Fsp3) is 0.857. The Morgan fingerprint density at radius 3 is 2.36 bits per heavy atom. The fourth-order valence-electron chi connectivity index (χ4n) is 1.15. The van der Waals surface area contributed by atoms with Crippen LogP contribution in [0.2, 0.25) is 0 Å². The number of halogens is 1. The monoisotopic (exact) mass is 176 g/mol. The van der Waals surface area contributed by atoms with E-state index in [2.05, 4.69) is 11.9 Å². The van der Waals surface area contributed by atoms with Crippen molar-refractivity contribution >= 4 is 17.9 Å². The molecule has 0 saturated carbocycles. The van der Waals surface area contributed by atoms with E-state index in [0.29, 0.717) is 0 Å². The number of hydrogen-bond donors (Lipinski definition) is 0. The second kappa shape index (κ2) is 4.04. The molecule has 1 fully saturated rings. The Bertz CT molecular complexity index is 134. The molecule has 0 radical (unpaired) electrons. The minimum absolute atomic E-state index is 0.427. The summed E-state index contributed by atoms with van der Waals surface area (Å²) in [6.07, 6.45) is 0.785. The lowest BCUT2D eigenvalue weighted by Gasteiger charge is -2.33. The Morgan fingerprint density at radius 1 is 1.36 bits per heavy atom. The van der Waals surface area contributed by atoms with Crippen LogP contribution in [0.15, 0.2) is 0 Å². The highest BCUT2D eigenvalue weighted by atomic mass is 35.5. The molecule has 1 aliphatic heterocycles. The van der Waals surface area contributed by atoms with Crippen LogP contribution in [0, 0.1) is 0 Å². The maximum atomic E-state index is 10.3. The van der Waals surface area contributed by atoms with Crippen LogP contribution in [-0.4, -0.2) is 54.8 Å². The van der Waals surface area contributed by atoms with Gasteiger partial charge in [0.05, 0.1) is 0 Å². The van der Waals surface area contributed by atoms with Crippen LogP contribution in [-0.2, 0) is 4.79 Å². The average molecular weight is 177 g/mol. The number of piperazine rings is 1. The van der Waals surface area contributed by atoms with Gasteiger partial charge in [-0.25, -0.2) is 0 Å². The van der Waals surface area contributed by atoms with E-state index in [-0.39, 0.29) is 0 Å². The third-order valence-electron chi connectivity index (χ3n) is 2.00. The molecule has 4 heteroatoms. The van der Waals surface area contributed by atoms with Gasteiger partial charge in [-0.1, -0.05) is 11.6 Å². The Hall–Kier alpha value is -0.120. The van der Waals surface area contributed by atoms with Crippen molar-refractivity contribution in [3.63, 3.8) is 0 Å². The van der Waals surface area contributed by atoms with Crippen LogP contribution < -0.4 is 0 Å². The molecule has 0 spiro atoms. The minimum atomic E-state index is -0.427. The molecule has 0 amide bonds. The van der Waals surface area contributed by atoms with Crippen molar-refractivity contribution in [2.24, 2.45) is 0 Å². The number of aldehydes is 1. The highest BCUT2D eigenvalue weighted by Crippen LogP contribution is 2.05. The lowest BCUT2D eigenvalue weighted by atomic mass is 10.3. The van der Waals surface area contributed by atoms with Gasteiger partial charge in [0.2, 0.25) is 0 Å². The number of hydrogen-bond acceptors (Lipinski definition) is 3. The van der Waals surface area contributed by atoms with E-state index in [1.165, 1.54) is 0 Å². The Kier molecular flexibility index (Phi) is 3.30. The molecule has 64 valence electrons. The molecule has 1 aliphatic rings. The van der Waals surface area contributed by atoms with Crippen LogP contribution >= 0.6 is 11.6 Å². The normalized spacial score (nSPS) is 24.9. The zero-order valence-electron chi connectivity index (χ0n) is 6.66. The average Bonchev–Trinajstić information content (AvgIpc) is 2.05. The molecule has 0 bridgehead atoms. The largest absolute Gasteiger partial charge is 0.304 e. The molecule has 1 heterocycles. The number of carbonyl (C=O) groups is 1. The van der Waals surface area contributed by atoms with E-state index in [9.17, 15) is 4.79 Å². The van der Waals surface area contributed by atoms with Crippen molar-refractivity contribution < 1.29 is 4.79 Å². The molecule has 3 nitrogen and oxygen atoms in total. The van der Waals surface area contributed by atoms with E-state index >= 15 is 0 Å². The molecule has 0 aromatic heterocycles. The van der Waals surface area contributed by atoms with Gasteiger partial charge in [-0.15, -0.1) is 0 Å². The van der Waals surface area contributed by atoms with Gasteiger partial charge in [-0.3, -0.25) is 4.90 Å². The Balaban J connectivity index is 2.32. The third kappa shape index (κ3) is 2.43. The lowest BCUT2D eigenvalue weighted by molar-refractivity contribution is -0.110. The van der Waals surface area contributed by atoms with Crippen LogP contribution in [0.25, 0.3) is 0 Å². The van der Waals surface area contributed by atoms with Crippen molar-refractivity contribution in [2.75, 3.05) is 33.2 Å². The van der Waals surface area contributed by atoms with Crippen molar-refractivity contribution in [3.05, 3.63) is 0 Å². The molecule has 0 aliphatic carbocycles. The maximum absolute atomic E-state index is 10.3. The summed E-state index contributed by atoms with van der Waals surface area (Å²) in [4.78, 5) is 14.5. The summed E-state index contributed by atoms with van der Waals surface area (Å²) < 4.78 is 0. The maximum Gasteiger partial charge on any atom is 0.152 e. The van der Waals surface area contributed by atoms with Crippen molar-refractivity contribution in [1.29, 1.82) is 0 Å². The SMILES string of the molecule is CN1CCN([C@@H](Cl)C=O)CC1. The molecule has 0 unspecified atom stereocenters. The molecule has 1 rings (SSSR count). The van der Waals surface area contributed by atoms with Gasteiger partial charge in [-0.2, -0.15) is 0 Å². The molecular formula is C7H13ClN2O. The Labute approximate surface area is 71.9 Å². The fourth-order valence-corrected chi connectivity index (χ4v) is 1.35. The molecule has 0 N–H and O–H groups in total. The highest BCUT2D eigenvalue weighted by molar-refractivity contribution is 6.27. The molecular weight excluding hydrogens is 164 g/mol. The summed E-state index contributed by atoms with van der Waals surface area (Å²) >= 11 is 5.73. The minimum Gasteiger partial charge on any atom is -0.304 e. The van der Waals surface area contributed by atoms with Gasteiger partial charge in [0, 0.05) is 26.2 Å². The van der Waals surface area contributed by atoms with E-state index in [4.69, 9.17) is 11.6 Å². The molecule has 0 aromatic carbocycles. The first-order chi connectivity index (χ1) is 5.24. The summed E-state index contributed by atoms with van der Waals surface area (Å²) in [5.41, 5.74) is -0.427. The second-order valence-corrected chi connectivity index (χ2v) is 3.30. The van der Waals surface area contributed by atoms with Gasteiger partial charge < -0.3 is 9.69 Å². The predicted molar refractivity (Wildman–Crippen MR) is 44.8 cm³/mol. The molecule has 0 aromatic rings. The van der Waals surface area contributed by atoms with Gasteiger partial charge in [0.25, 0.3) is 0 Å². The van der Waals surface area contributed by atoms with Gasteiger partial charge in [-0.05, 0) is 7.05 Å². The van der Waals surface area contributed by atoms with E-state index in [1.807, 2.05) is 4.90 Å². The molecule has 1 atom stereocenters. The van der Waals surface area contributed by atoms with Crippen LogP contribution in [0.3, 0.4) is 0 Å². The quantitative estimate of drug-likeness (QED) is 0.336. The summed E-state index contributed by atoms with van der Waals surface area (Å²) in [5.74, 6) is 0. The van der Waals surface area contributed by atoms with Gasteiger partial charge in [0.1, 0.15) is 5.50 Å². The summed E-state index contributed by atoms with van der Waals surface area (Å²) in [6, 6.07) is 0. The van der Waals surface area contributed by atoms with Crippen molar-refractivity contribution in [1.82, 2.24) is 9.80 Å². The lowest BCUT2D eigenvalue weighted by Crippen LogP contribution is -2.47. The number of nitrogens with zero attached hydrogens (tertiary/aromatic N) is 2. The summed E-state index contributed by atoms with van der Waals surface area (Å²) in [7, 11) is 2.07. The zero-order chi connectivity index (χ0) is 8.27. The second-order valence-electron chi connectivity index (χ2n) is 2.85. The van der Waals surface area contributed by atoms with Crippen LogP contribution in [0.5, 0.6) is 0 Å². The zero-order valence-corrected chi connectivity index (χ0v) is 7.42. The van der Waals surface area contributed by atoms with Crippen LogP contribution in [0.4, 0.5) is 0 Å². The van der Waals surface area contributed by atoms with E-state index in [0.717, 1.165) is 32.5 Å². The first-order valence-electron chi connectivity index (χ1n) is 3.76. The molecule has 1 saturated heterocycles. The van der Waals surface area contributed by atoms with Gasteiger partial charge in [0.15, 0.2) is 6.29 Å². The first-order valence-corrected chi connectivity index (χ1v) is 4.19. The third-order valence-corrected chi connectivity index (χ3v) is 2.38. The smallest absolute Gasteiger partial charge is 0.152 e. The number of likely N-dealkylation sites (N-methyl/N-ethyl adjacent to an activating group) is 1. The van der Waals surface area contributed by atoms with Crippen molar-refractivity contribution in [3.8, 4) is 0 Å². The van der Waals surface area contributed by atoms with Crippen LogP contribution in [0.1, 0.15) is 0 Å². The standard InChI is InChI=1S/C7H13ClN2O/c1-9-2-4-10(5-3-9)7(8)6-11/h6-7H,2-5H2,1H3/t7-/m1/s1. The number of rotatable bonds is 2. The first kappa shape index (κ1) is 8.97. The number of carbonyl (C=O) groups excluding carboxylic acids is 1. The summed E-state index contributed by atoms with van der Waals surface area (Å²) in [6.45, 7) is 3.78. The highest BCUT2D eigenvalue weighted by Gasteiger charge is 2.19. The Morgan fingerprint density at radius 2 is 1.91 bits per heavy atom. The van der Waals surface area contributed by atoms with Crippen molar-refractivity contribution in [2.45, 2.75) is 5.50 Å². The topological polar surface area (TPSA) is 23.6 Å². The van der Waals surface area contributed by atoms with E-state index < -0.39 is 5.50 Å². The summed E-state index contributed by atoms with van der Waals surface area (Å²) in [5, 5.41) is 0. The molecule has 11 heavy (non-hydrogen) atoms.